The molecule has 0 spiro atoms. The molecule has 0 atom stereocenters. The highest BCUT2D eigenvalue weighted by Gasteiger charge is 2.47. The summed E-state index contributed by atoms with van der Waals surface area (Å²) in [5.41, 5.74) is 24.0. The van der Waals surface area contributed by atoms with E-state index in [0.717, 1.165) is 90.5 Å². The Morgan fingerprint density at radius 2 is 0.337 bits per heavy atom. The molecule has 89 heavy (non-hydrogen) atoms. The van der Waals surface area contributed by atoms with Crippen molar-refractivity contribution in [2.75, 3.05) is 19.6 Å². The number of para-hydroxylation sites is 8. The van der Waals surface area contributed by atoms with Crippen LogP contribution in [0.25, 0.3) is 33.4 Å². The minimum Gasteiger partial charge on any atom is -0.311 e. The predicted molar refractivity (Wildman–Crippen MR) is 373 cm³/mol. The normalized spacial score (nSPS) is 11.9. The van der Waals surface area contributed by atoms with Gasteiger partial charge in [0.2, 0.25) is 0 Å². The van der Waals surface area contributed by atoms with E-state index in [1.807, 2.05) is 0 Å². The third kappa shape index (κ3) is 10.3. The molecule has 0 saturated heterocycles. The second-order valence-corrected chi connectivity index (χ2v) is 22.5. The van der Waals surface area contributed by atoms with Crippen molar-refractivity contribution < 1.29 is 0 Å². The number of rotatable bonds is 16. The van der Waals surface area contributed by atoms with Gasteiger partial charge in [0, 0.05) is 68.2 Å². The summed E-state index contributed by atoms with van der Waals surface area (Å²) < 4.78 is 0. The molecule has 0 aromatic heterocycles. The Hall–Kier alpha value is -11.7. The fourth-order valence-electron chi connectivity index (χ4n) is 13.2. The lowest BCUT2D eigenvalue weighted by atomic mass is 9.67. The van der Waals surface area contributed by atoms with Crippen LogP contribution in [0, 0.1) is 0 Å². The van der Waals surface area contributed by atoms with Crippen LogP contribution in [0.15, 0.2) is 376 Å². The predicted octanol–water partition coefficient (Wildman–Crippen LogP) is 23.3. The van der Waals surface area contributed by atoms with Gasteiger partial charge in [-0.1, -0.05) is 218 Å². The maximum absolute atomic E-state index is 2.48. The lowest BCUT2D eigenvalue weighted by Gasteiger charge is -2.35. The number of fused-ring (bicyclic) bond motifs is 3. The van der Waals surface area contributed by atoms with Gasteiger partial charge in [0.1, 0.15) is 0 Å². The van der Waals surface area contributed by atoms with Crippen molar-refractivity contribution in [2.24, 2.45) is 0 Å². The molecule has 4 nitrogen and oxygen atoms in total. The third-order valence-corrected chi connectivity index (χ3v) is 17.3. The Labute approximate surface area is 522 Å². The van der Waals surface area contributed by atoms with E-state index in [1.165, 1.54) is 33.4 Å². The van der Waals surface area contributed by atoms with E-state index in [1.54, 1.807) is 0 Å². The molecule has 14 aromatic rings. The van der Waals surface area contributed by atoms with E-state index in [0.29, 0.717) is 0 Å². The highest BCUT2D eigenvalue weighted by Crippen LogP contribution is 2.58. The van der Waals surface area contributed by atoms with E-state index in [2.05, 4.69) is 396 Å². The Kier molecular flexibility index (Phi) is 14.5. The number of nitrogens with zero attached hydrogens (tertiary/aromatic N) is 4. The van der Waals surface area contributed by atoms with Crippen molar-refractivity contribution in [3.63, 3.8) is 0 Å². The Morgan fingerprint density at radius 3 is 0.551 bits per heavy atom. The van der Waals surface area contributed by atoms with Crippen LogP contribution in [-0.4, -0.2) is 0 Å². The first-order chi connectivity index (χ1) is 44.2. The topological polar surface area (TPSA) is 13.0 Å². The van der Waals surface area contributed by atoms with Crippen LogP contribution in [0.2, 0.25) is 0 Å². The lowest BCUT2D eigenvalue weighted by Crippen LogP contribution is -2.29. The monoisotopic (exact) mass is 1140 g/mol. The molecule has 0 saturated carbocycles. The number of benzene rings is 14. The van der Waals surface area contributed by atoms with E-state index in [9.17, 15) is 0 Å². The van der Waals surface area contributed by atoms with Crippen molar-refractivity contribution in [3.05, 3.63) is 398 Å². The fourth-order valence-corrected chi connectivity index (χ4v) is 13.2. The van der Waals surface area contributed by atoms with E-state index in [-0.39, 0.29) is 0 Å². The van der Waals surface area contributed by atoms with Gasteiger partial charge in [-0.05, 0) is 213 Å². The number of anilines is 12. The average molecular weight is 1140 g/mol. The molecule has 0 radical (unpaired) electrons. The maximum Gasteiger partial charge on any atom is 0.0714 e. The molecule has 0 aliphatic heterocycles. The standard InChI is InChI=1S/C85H62N4/c1-9-25-69(26-10-1)86(70-27-11-2-12-28-70)77-51-41-63(42-52-77)65-45-59-81-82-60-46-66(64-43-53-78(54-44-64)87(71-29-13-3-14-30-71)72-31-15-4-16-32-72)62-84(82)85(83(81)61-65,67-47-55-79(56-48-67)88(73-33-17-5-18-34-73)74-35-19-6-20-36-74)68-49-57-80(58-50-68)89(75-37-21-7-22-38-75)76-39-23-8-24-40-76/h1-62H. The SMILES string of the molecule is c1ccc(N(c2ccccc2)c2ccc(-c3ccc4c(c3)C(c3ccc(N(c5ccccc5)c5ccccc5)cc3)(c3ccc(N(c5ccccc5)c5ccccc5)cc3)c3cc(-c5ccc(N(c6ccccc6)c6ccccc6)cc5)ccc3-4)cc2)cc1. The molecule has 422 valence electrons. The van der Waals surface area contributed by atoms with Gasteiger partial charge in [-0.15, -0.1) is 0 Å². The van der Waals surface area contributed by atoms with Crippen LogP contribution in [0.4, 0.5) is 68.2 Å². The Morgan fingerprint density at radius 1 is 0.157 bits per heavy atom. The van der Waals surface area contributed by atoms with Crippen molar-refractivity contribution in [1.29, 1.82) is 0 Å². The molecule has 0 unspecified atom stereocenters. The summed E-state index contributed by atoms with van der Waals surface area (Å²) in [5.74, 6) is 0. The zero-order chi connectivity index (χ0) is 59.4. The van der Waals surface area contributed by atoms with Crippen LogP contribution in [-0.2, 0) is 5.41 Å². The molecular weight excluding hydrogens is 1080 g/mol. The second-order valence-electron chi connectivity index (χ2n) is 22.5. The van der Waals surface area contributed by atoms with Crippen molar-refractivity contribution in [2.45, 2.75) is 5.41 Å². The van der Waals surface area contributed by atoms with Crippen LogP contribution in [0.1, 0.15) is 22.3 Å². The van der Waals surface area contributed by atoms with Gasteiger partial charge in [0.25, 0.3) is 0 Å². The summed E-state index contributed by atoms with van der Waals surface area (Å²) in [7, 11) is 0. The highest BCUT2D eigenvalue weighted by atomic mass is 15.2. The molecule has 0 bridgehead atoms. The van der Waals surface area contributed by atoms with E-state index < -0.39 is 5.41 Å². The third-order valence-electron chi connectivity index (χ3n) is 17.3. The quantitative estimate of drug-likeness (QED) is 0.0956. The highest BCUT2D eigenvalue weighted by molar-refractivity contribution is 5.92. The summed E-state index contributed by atoms with van der Waals surface area (Å²) in [6.07, 6.45) is 0. The fraction of sp³-hybridized carbons (Fsp3) is 0.0118. The largest absolute Gasteiger partial charge is 0.311 e. The summed E-state index contributed by atoms with van der Waals surface area (Å²) in [5, 5.41) is 0. The smallest absolute Gasteiger partial charge is 0.0714 e. The molecule has 4 heteroatoms. The first kappa shape index (κ1) is 54.0. The van der Waals surface area contributed by atoms with Crippen molar-refractivity contribution in [3.8, 4) is 33.4 Å². The minimum absolute atomic E-state index is 0.795. The average Bonchev–Trinajstić information content (AvgIpc) is 1.58. The summed E-state index contributed by atoms with van der Waals surface area (Å²) in [4.78, 5) is 9.34. The molecule has 14 aromatic carbocycles. The molecule has 0 fully saturated rings. The minimum atomic E-state index is -0.795. The molecule has 1 aliphatic rings. The van der Waals surface area contributed by atoms with E-state index in [4.69, 9.17) is 0 Å². The van der Waals surface area contributed by atoms with Gasteiger partial charge in [0.15, 0.2) is 0 Å². The van der Waals surface area contributed by atoms with Gasteiger partial charge >= 0.3 is 0 Å². The van der Waals surface area contributed by atoms with Gasteiger partial charge in [-0.3, -0.25) is 0 Å². The maximum atomic E-state index is 2.48. The van der Waals surface area contributed by atoms with Crippen molar-refractivity contribution >= 4 is 68.2 Å². The summed E-state index contributed by atoms with van der Waals surface area (Å²) in [6.45, 7) is 0. The summed E-state index contributed by atoms with van der Waals surface area (Å²) in [6, 6.07) is 137. The van der Waals surface area contributed by atoms with Crippen LogP contribution in [0.5, 0.6) is 0 Å². The van der Waals surface area contributed by atoms with E-state index >= 15 is 0 Å². The van der Waals surface area contributed by atoms with Gasteiger partial charge < -0.3 is 19.6 Å². The van der Waals surface area contributed by atoms with Gasteiger partial charge in [0.05, 0.1) is 5.41 Å². The molecule has 0 amide bonds. The Bertz CT molecular complexity index is 4190. The van der Waals surface area contributed by atoms with Crippen molar-refractivity contribution in [1.82, 2.24) is 0 Å². The first-order valence-corrected chi connectivity index (χ1v) is 30.5. The molecular formula is C85H62N4. The van der Waals surface area contributed by atoms with Crippen LogP contribution >= 0.6 is 0 Å². The van der Waals surface area contributed by atoms with Crippen LogP contribution in [0.3, 0.4) is 0 Å². The van der Waals surface area contributed by atoms with Gasteiger partial charge in [-0.2, -0.15) is 0 Å². The van der Waals surface area contributed by atoms with Gasteiger partial charge in [-0.25, -0.2) is 0 Å². The van der Waals surface area contributed by atoms with Crippen LogP contribution < -0.4 is 19.6 Å². The first-order valence-electron chi connectivity index (χ1n) is 30.5. The number of hydrogen-bond acceptors (Lipinski definition) is 4. The summed E-state index contributed by atoms with van der Waals surface area (Å²) >= 11 is 0. The molecule has 0 N–H and O–H groups in total. The zero-order valence-electron chi connectivity index (χ0n) is 49.1. The Balaban J connectivity index is 0.928. The second kappa shape index (κ2) is 24.0. The number of hydrogen-bond donors (Lipinski definition) is 0. The molecule has 1 aliphatic carbocycles. The lowest BCUT2D eigenvalue weighted by molar-refractivity contribution is 0.769. The molecule has 0 heterocycles. The molecule has 15 rings (SSSR count). The zero-order valence-corrected chi connectivity index (χ0v) is 49.1.